The zero-order valence-corrected chi connectivity index (χ0v) is 6.37. The fraction of sp³-hybridized carbons (Fsp3) is 0.375. The summed E-state index contributed by atoms with van der Waals surface area (Å²) in [6.45, 7) is 2.74. The lowest BCUT2D eigenvalue weighted by atomic mass is 10.4. The molecule has 3 heteroatoms. The van der Waals surface area contributed by atoms with Crippen LogP contribution in [0.25, 0.3) is 0 Å². The number of aromatic amines is 1. The van der Waals surface area contributed by atoms with Gasteiger partial charge in [-0.3, -0.25) is 0 Å². The zero-order chi connectivity index (χ0) is 7.68. The number of hydrogen-bond donors (Lipinski definition) is 1. The maximum Gasteiger partial charge on any atom is 0.233 e. The van der Waals surface area contributed by atoms with Crippen LogP contribution in [0.2, 0.25) is 0 Å². The second kappa shape index (κ2) is 2.42. The second-order valence-electron chi connectivity index (χ2n) is 2.68. The van der Waals surface area contributed by atoms with Crippen LogP contribution >= 0.6 is 0 Å². The van der Waals surface area contributed by atoms with Crippen molar-refractivity contribution in [2.75, 3.05) is 6.61 Å². The van der Waals surface area contributed by atoms with Crippen LogP contribution in [0.1, 0.15) is 12.6 Å². The summed E-state index contributed by atoms with van der Waals surface area (Å²) in [5.74, 6) is 0.738. The summed E-state index contributed by atoms with van der Waals surface area (Å²) in [6.07, 6.45) is 1.87. The van der Waals surface area contributed by atoms with E-state index >= 15 is 0 Å². The van der Waals surface area contributed by atoms with Crippen LogP contribution in [0.3, 0.4) is 0 Å². The highest BCUT2D eigenvalue weighted by molar-refractivity contribution is 5.93. The number of aromatic nitrogens is 1. The number of aliphatic imine (C=N–C) groups is 1. The second-order valence-corrected chi connectivity index (χ2v) is 2.68. The van der Waals surface area contributed by atoms with Gasteiger partial charge in [-0.15, -0.1) is 0 Å². The lowest BCUT2D eigenvalue weighted by Crippen LogP contribution is -2.01. The number of hydrogen-bond acceptors (Lipinski definition) is 2. The van der Waals surface area contributed by atoms with Crippen LogP contribution in [-0.4, -0.2) is 23.5 Å². The van der Waals surface area contributed by atoms with Crippen LogP contribution in [0.4, 0.5) is 0 Å². The number of ether oxygens (including phenoxy) is 1. The first kappa shape index (κ1) is 6.46. The Morgan fingerprint density at radius 1 is 1.73 bits per heavy atom. The molecule has 0 amide bonds. The van der Waals surface area contributed by atoms with Gasteiger partial charge in [0.1, 0.15) is 12.3 Å². The first-order valence-corrected chi connectivity index (χ1v) is 3.70. The average molecular weight is 150 g/mol. The molecule has 0 fully saturated rings. The van der Waals surface area contributed by atoms with Gasteiger partial charge < -0.3 is 9.72 Å². The van der Waals surface area contributed by atoms with Gasteiger partial charge in [0.25, 0.3) is 0 Å². The molecule has 0 bridgehead atoms. The minimum Gasteiger partial charge on any atom is -0.474 e. The van der Waals surface area contributed by atoms with E-state index in [9.17, 15) is 0 Å². The van der Waals surface area contributed by atoms with E-state index in [1.54, 1.807) is 0 Å². The van der Waals surface area contributed by atoms with Crippen molar-refractivity contribution >= 4 is 5.90 Å². The number of nitrogens with zero attached hydrogens (tertiary/aromatic N) is 1. The van der Waals surface area contributed by atoms with E-state index in [4.69, 9.17) is 4.74 Å². The highest BCUT2D eigenvalue weighted by Crippen LogP contribution is 2.09. The Morgan fingerprint density at radius 3 is 3.18 bits per heavy atom. The van der Waals surface area contributed by atoms with E-state index in [2.05, 4.69) is 9.98 Å². The molecule has 0 spiro atoms. The molecule has 0 aromatic carbocycles. The van der Waals surface area contributed by atoms with Gasteiger partial charge in [-0.1, -0.05) is 0 Å². The van der Waals surface area contributed by atoms with Crippen molar-refractivity contribution in [3.05, 3.63) is 24.0 Å². The fourth-order valence-electron chi connectivity index (χ4n) is 1.08. The van der Waals surface area contributed by atoms with E-state index in [1.165, 1.54) is 0 Å². The predicted molar refractivity (Wildman–Crippen MR) is 42.7 cm³/mol. The Balaban J connectivity index is 2.25. The van der Waals surface area contributed by atoms with Gasteiger partial charge in [-0.2, -0.15) is 0 Å². The first-order chi connectivity index (χ1) is 5.36. The van der Waals surface area contributed by atoms with Gasteiger partial charge in [0, 0.05) is 6.20 Å². The molecule has 2 heterocycles. The third-order valence-electron chi connectivity index (χ3n) is 1.63. The summed E-state index contributed by atoms with van der Waals surface area (Å²) in [5, 5.41) is 0. The van der Waals surface area contributed by atoms with E-state index in [0.29, 0.717) is 12.6 Å². The lowest BCUT2D eigenvalue weighted by molar-refractivity contribution is 0.323. The molecule has 3 nitrogen and oxygen atoms in total. The van der Waals surface area contributed by atoms with Crippen molar-refractivity contribution in [3.63, 3.8) is 0 Å². The molecular weight excluding hydrogens is 140 g/mol. The molecule has 0 unspecified atom stereocenters. The van der Waals surface area contributed by atoms with Crippen molar-refractivity contribution < 1.29 is 4.74 Å². The molecule has 1 N–H and O–H groups in total. The molecule has 2 rings (SSSR count). The highest BCUT2D eigenvalue weighted by atomic mass is 16.5. The van der Waals surface area contributed by atoms with Crippen molar-refractivity contribution in [2.45, 2.75) is 13.0 Å². The summed E-state index contributed by atoms with van der Waals surface area (Å²) in [5.41, 5.74) is 0.967. The van der Waals surface area contributed by atoms with Gasteiger partial charge in [0.2, 0.25) is 5.90 Å². The monoisotopic (exact) mass is 150 g/mol. The van der Waals surface area contributed by atoms with Crippen LogP contribution < -0.4 is 0 Å². The molecular formula is C8H10N2O. The van der Waals surface area contributed by atoms with Gasteiger partial charge in [0.05, 0.1) is 6.04 Å². The van der Waals surface area contributed by atoms with Crippen LogP contribution in [0.5, 0.6) is 0 Å². The van der Waals surface area contributed by atoms with E-state index in [-0.39, 0.29) is 0 Å². The molecule has 1 aromatic heterocycles. The van der Waals surface area contributed by atoms with Crippen LogP contribution in [0, 0.1) is 0 Å². The van der Waals surface area contributed by atoms with Crippen molar-refractivity contribution in [1.29, 1.82) is 0 Å². The Bertz CT molecular complexity index is 264. The minimum absolute atomic E-state index is 0.299. The van der Waals surface area contributed by atoms with E-state index in [1.807, 2.05) is 25.3 Å². The van der Waals surface area contributed by atoms with Crippen molar-refractivity contribution in [1.82, 2.24) is 4.98 Å². The Morgan fingerprint density at radius 2 is 2.64 bits per heavy atom. The maximum absolute atomic E-state index is 5.33. The summed E-state index contributed by atoms with van der Waals surface area (Å²) in [6, 6.07) is 4.19. The fourth-order valence-corrected chi connectivity index (χ4v) is 1.08. The number of H-pyrrole nitrogens is 1. The molecule has 0 saturated carbocycles. The smallest absolute Gasteiger partial charge is 0.233 e. The minimum atomic E-state index is 0.299. The van der Waals surface area contributed by atoms with E-state index in [0.717, 1.165) is 11.6 Å². The largest absolute Gasteiger partial charge is 0.474 e. The average Bonchev–Trinajstić information content (AvgIpc) is 2.55. The standard InChI is InChI=1S/C8H10N2O/c1-6-5-11-8(10-6)7-3-2-4-9-7/h2-4,6,9H,5H2,1H3/t6-/m0/s1. The van der Waals surface area contributed by atoms with Crippen LogP contribution in [-0.2, 0) is 4.74 Å². The van der Waals surface area contributed by atoms with Gasteiger partial charge in [-0.25, -0.2) is 4.99 Å². The number of rotatable bonds is 1. The molecule has 1 aliphatic heterocycles. The van der Waals surface area contributed by atoms with Gasteiger partial charge in [-0.05, 0) is 19.1 Å². The molecule has 1 aromatic rings. The molecule has 0 radical (unpaired) electrons. The molecule has 58 valence electrons. The summed E-state index contributed by atoms with van der Waals surface area (Å²) in [7, 11) is 0. The maximum atomic E-state index is 5.33. The van der Waals surface area contributed by atoms with Crippen molar-refractivity contribution in [3.8, 4) is 0 Å². The topological polar surface area (TPSA) is 37.4 Å². The summed E-state index contributed by atoms with van der Waals surface area (Å²) in [4.78, 5) is 7.34. The molecule has 1 atom stereocenters. The summed E-state index contributed by atoms with van der Waals surface area (Å²) < 4.78 is 5.33. The Kier molecular flexibility index (Phi) is 1.42. The summed E-state index contributed by atoms with van der Waals surface area (Å²) >= 11 is 0. The molecule has 0 aliphatic carbocycles. The molecule has 11 heavy (non-hydrogen) atoms. The van der Waals surface area contributed by atoms with E-state index < -0.39 is 0 Å². The first-order valence-electron chi connectivity index (χ1n) is 3.70. The zero-order valence-electron chi connectivity index (χ0n) is 6.37. The molecule has 0 saturated heterocycles. The quantitative estimate of drug-likeness (QED) is 0.641. The SMILES string of the molecule is C[C@H]1COC(c2ccc[nH]2)=N1. The molecule has 1 aliphatic rings. The Hall–Kier alpha value is -1.25. The predicted octanol–water partition coefficient (Wildman–Crippen LogP) is 1.18. The lowest BCUT2D eigenvalue weighted by Gasteiger charge is -1.95. The Labute approximate surface area is 65.1 Å². The normalized spacial score (nSPS) is 23.0. The third-order valence-corrected chi connectivity index (χ3v) is 1.63. The van der Waals surface area contributed by atoms with Crippen LogP contribution in [0.15, 0.2) is 23.3 Å². The van der Waals surface area contributed by atoms with Crippen molar-refractivity contribution in [2.24, 2.45) is 4.99 Å². The highest BCUT2D eigenvalue weighted by Gasteiger charge is 2.15. The van der Waals surface area contributed by atoms with Gasteiger partial charge in [0.15, 0.2) is 0 Å². The third kappa shape index (κ3) is 1.13. The number of nitrogens with one attached hydrogen (secondary N) is 1. The van der Waals surface area contributed by atoms with Gasteiger partial charge >= 0.3 is 0 Å².